The number of aromatic nitrogens is 4. The molecule has 1 fully saturated rings. The van der Waals surface area contributed by atoms with Gasteiger partial charge in [-0.25, -0.2) is 4.68 Å². The molecular weight excluding hydrogens is 372 g/mol. The van der Waals surface area contributed by atoms with Gasteiger partial charge in [0.1, 0.15) is 0 Å². The summed E-state index contributed by atoms with van der Waals surface area (Å²) in [7, 11) is 0. The van der Waals surface area contributed by atoms with E-state index in [0.29, 0.717) is 0 Å². The maximum absolute atomic E-state index is 4.43. The standard InChI is InChI=1S/C24H30N6/c1-20(2)30-24(25-26-27-30)23(22-13-7-4-8-14-22)29-18-16-28(17-19-29)15-9-12-21-10-5-3-6-11-21/h3-14,20,23H,15-19H2,1-2H3/b12-9+. The molecular formula is C24H30N6. The van der Waals surface area contributed by atoms with Crippen LogP contribution in [-0.4, -0.2) is 62.7 Å². The predicted octanol–water partition coefficient (Wildman–Crippen LogP) is 3.67. The van der Waals surface area contributed by atoms with Gasteiger partial charge in [0.15, 0.2) is 5.82 Å². The van der Waals surface area contributed by atoms with Crippen LogP contribution in [0.3, 0.4) is 0 Å². The van der Waals surface area contributed by atoms with Gasteiger partial charge in [-0.3, -0.25) is 9.80 Å². The minimum atomic E-state index is 0.0746. The molecule has 4 rings (SSSR count). The first-order valence-electron chi connectivity index (χ1n) is 10.7. The topological polar surface area (TPSA) is 50.1 Å². The molecule has 0 amide bonds. The van der Waals surface area contributed by atoms with E-state index in [-0.39, 0.29) is 12.1 Å². The van der Waals surface area contributed by atoms with Crippen molar-refractivity contribution in [2.24, 2.45) is 0 Å². The zero-order valence-electron chi connectivity index (χ0n) is 17.8. The van der Waals surface area contributed by atoms with Crippen molar-refractivity contribution in [3.05, 3.63) is 83.7 Å². The molecule has 0 spiro atoms. The van der Waals surface area contributed by atoms with Gasteiger partial charge in [0.2, 0.25) is 0 Å². The van der Waals surface area contributed by atoms with Gasteiger partial charge in [-0.2, -0.15) is 0 Å². The summed E-state index contributed by atoms with van der Waals surface area (Å²) in [5.74, 6) is 0.925. The lowest BCUT2D eigenvalue weighted by molar-refractivity contribution is 0.112. The predicted molar refractivity (Wildman–Crippen MR) is 120 cm³/mol. The third-order valence-corrected chi connectivity index (χ3v) is 5.61. The van der Waals surface area contributed by atoms with Crippen LogP contribution in [-0.2, 0) is 0 Å². The van der Waals surface area contributed by atoms with Crippen LogP contribution in [0.5, 0.6) is 0 Å². The Labute approximate surface area is 178 Å². The van der Waals surface area contributed by atoms with Crippen molar-refractivity contribution < 1.29 is 0 Å². The van der Waals surface area contributed by atoms with Crippen LogP contribution in [0.15, 0.2) is 66.7 Å². The second kappa shape index (κ2) is 9.78. The third-order valence-electron chi connectivity index (χ3n) is 5.61. The monoisotopic (exact) mass is 402 g/mol. The molecule has 0 aliphatic carbocycles. The van der Waals surface area contributed by atoms with Gasteiger partial charge < -0.3 is 0 Å². The molecule has 1 unspecified atom stereocenters. The molecule has 156 valence electrons. The highest BCUT2D eigenvalue weighted by atomic mass is 15.6. The summed E-state index contributed by atoms with van der Waals surface area (Å²) >= 11 is 0. The van der Waals surface area contributed by atoms with Crippen molar-refractivity contribution >= 4 is 6.08 Å². The molecule has 2 aromatic carbocycles. The summed E-state index contributed by atoms with van der Waals surface area (Å²) in [6.07, 6.45) is 4.47. The van der Waals surface area contributed by atoms with E-state index in [1.165, 1.54) is 11.1 Å². The van der Waals surface area contributed by atoms with Gasteiger partial charge in [-0.1, -0.05) is 72.8 Å². The first-order chi connectivity index (χ1) is 14.7. The highest BCUT2D eigenvalue weighted by Gasteiger charge is 2.30. The van der Waals surface area contributed by atoms with Crippen LogP contribution in [0.25, 0.3) is 6.08 Å². The Kier molecular flexibility index (Phi) is 6.67. The van der Waals surface area contributed by atoms with Crippen molar-refractivity contribution in [3.63, 3.8) is 0 Å². The largest absolute Gasteiger partial charge is 0.297 e. The molecule has 0 bridgehead atoms. The van der Waals surface area contributed by atoms with E-state index in [4.69, 9.17) is 0 Å². The van der Waals surface area contributed by atoms with Crippen LogP contribution < -0.4 is 0 Å². The molecule has 6 nitrogen and oxygen atoms in total. The van der Waals surface area contributed by atoms with E-state index in [0.717, 1.165) is 38.5 Å². The summed E-state index contributed by atoms with van der Waals surface area (Å²) in [6.45, 7) is 9.27. The number of piperazine rings is 1. The molecule has 1 saturated heterocycles. The number of benzene rings is 2. The molecule has 1 aliphatic heterocycles. The number of rotatable bonds is 7. The van der Waals surface area contributed by atoms with E-state index in [2.05, 4.69) is 112 Å². The van der Waals surface area contributed by atoms with E-state index >= 15 is 0 Å². The third kappa shape index (κ3) is 4.83. The Morgan fingerprint density at radius 2 is 1.57 bits per heavy atom. The summed E-state index contributed by atoms with van der Waals surface area (Å²) < 4.78 is 1.95. The van der Waals surface area contributed by atoms with E-state index in [1.54, 1.807) is 0 Å². The number of hydrogen-bond acceptors (Lipinski definition) is 5. The smallest absolute Gasteiger partial charge is 0.173 e. The highest BCUT2D eigenvalue weighted by Crippen LogP contribution is 2.29. The maximum atomic E-state index is 4.43. The second-order valence-electron chi connectivity index (χ2n) is 8.04. The second-order valence-corrected chi connectivity index (χ2v) is 8.04. The Morgan fingerprint density at radius 1 is 0.900 bits per heavy atom. The fourth-order valence-electron chi connectivity index (χ4n) is 4.01. The lowest BCUT2D eigenvalue weighted by Crippen LogP contribution is -2.48. The van der Waals surface area contributed by atoms with Crippen molar-refractivity contribution in [1.29, 1.82) is 0 Å². The minimum absolute atomic E-state index is 0.0746. The van der Waals surface area contributed by atoms with Crippen LogP contribution in [0, 0.1) is 0 Å². The lowest BCUT2D eigenvalue weighted by Gasteiger charge is -2.38. The van der Waals surface area contributed by atoms with Crippen molar-refractivity contribution in [3.8, 4) is 0 Å². The van der Waals surface area contributed by atoms with E-state index < -0.39 is 0 Å². The van der Waals surface area contributed by atoms with Gasteiger partial charge in [0.25, 0.3) is 0 Å². The quantitative estimate of drug-likeness (QED) is 0.603. The Balaban J connectivity index is 1.45. The normalized spacial score (nSPS) is 17.0. The average molecular weight is 403 g/mol. The zero-order chi connectivity index (χ0) is 20.8. The van der Waals surface area contributed by atoms with Crippen LogP contribution in [0.4, 0.5) is 0 Å². The van der Waals surface area contributed by atoms with E-state index in [1.807, 2.05) is 4.68 Å². The van der Waals surface area contributed by atoms with Gasteiger partial charge in [-0.15, -0.1) is 5.10 Å². The van der Waals surface area contributed by atoms with Gasteiger partial charge >= 0.3 is 0 Å². The molecule has 3 aromatic rings. The number of nitrogens with zero attached hydrogens (tertiary/aromatic N) is 6. The van der Waals surface area contributed by atoms with Crippen LogP contribution >= 0.6 is 0 Å². The molecule has 30 heavy (non-hydrogen) atoms. The molecule has 0 radical (unpaired) electrons. The summed E-state index contributed by atoms with van der Waals surface area (Å²) in [6, 6.07) is 21.4. The fraction of sp³-hybridized carbons (Fsp3) is 0.375. The Bertz CT molecular complexity index is 927. The van der Waals surface area contributed by atoms with Crippen LogP contribution in [0.2, 0.25) is 0 Å². The molecule has 1 aliphatic rings. The van der Waals surface area contributed by atoms with Gasteiger partial charge in [0, 0.05) is 32.7 Å². The molecule has 6 heteroatoms. The first-order valence-corrected chi connectivity index (χ1v) is 10.7. The average Bonchev–Trinajstić information content (AvgIpc) is 3.26. The summed E-state index contributed by atoms with van der Waals surface area (Å²) in [4.78, 5) is 5.01. The maximum Gasteiger partial charge on any atom is 0.173 e. The van der Waals surface area contributed by atoms with Crippen molar-refractivity contribution in [2.45, 2.75) is 25.9 Å². The fourth-order valence-corrected chi connectivity index (χ4v) is 4.01. The Morgan fingerprint density at radius 3 is 2.23 bits per heavy atom. The summed E-state index contributed by atoms with van der Waals surface area (Å²) in [5.41, 5.74) is 2.49. The minimum Gasteiger partial charge on any atom is -0.297 e. The zero-order valence-corrected chi connectivity index (χ0v) is 17.8. The molecule has 1 atom stereocenters. The van der Waals surface area contributed by atoms with E-state index in [9.17, 15) is 0 Å². The molecule has 0 saturated carbocycles. The van der Waals surface area contributed by atoms with Crippen molar-refractivity contribution in [2.75, 3.05) is 32.7 Å². The first kappa shape index (κ1) is 20.4. The van der Waals surface area contributed by atoms with Crippen molar-refractivity contribution in [1.82, 2.24) is 30.0 Å². The number of tetrazole rings is 1. The molecule has 0 N–H and O–H groups in total. The van der Waals surface area contributed by atoms with Gasteiger partial charge in [0.05, 0.1) is 12.1 Å². The summed E-state index contributed by atoms with van der Waals surface area (Å²) in [5, 5.41) is 12.7. The molecule has 1 aromatic heterocycles. The Hall–Kier alpha value is -2.83. The number of hydrogen-bond donors (Lipinski definition) is 0. The SMILES string of the molecule is CC(C)n1nnnc1C(c1ccccc1)N1CCN(C/C=C/c2ccccc2)CC1. The highest BCUT2D eigenvalue weighted by molar-refractivity contribution is 5.48. The lowest BCUT2D eigenvalue weighted by atomic mass is 10.0. The molecule has 2 heterocycles. The van der Waals surface area contributed by atoms with Gasteiger partial charge in [-0.05, 0) is 35.4 Å². The van der Waals surface area contributed by atoms with Crippen LogP contribution in [0.1, 0.15) is 42.9 Å².